The first-order valence-corrected chi connectivity index (χ1v) is 7.57. The minimum absolute atomic E-state index is 0.240. The number of rotatable bonds is 5. The first kappa shape index (κ1) is 14.5. The van der Waals surface area contributed by atoms with Crippen molar-refractivity contribution in [3.05, 3.63) is 30.1 Å². The zero-order valence-corrected chi connectivity index (χ0v) is 12.1. The highest BCUT2D eigenvalue weighted by molar-refractivity contribution is 5.10. The van der Waals surface area contributed by atoms with Gasteiger partial charge in [-0.05, 0) is 44.0 Å². The zero-order chi connectivity index (χ0) is 13.6. The summed E-state index contributed by atoms with van der Waals surface area (Å²) in [5.41, 5.74) is 7.73. The normalized spacial score (nSPS) is 19.3. The standard InChI is InChI=1S/C16H27N3/c1-19(13-8-15-6-11-18-12-7-15)16(14-17)9-4-2-3-5-10-16/h6-7,11-12H,2-5,8-10,13-14,17H2,1H3. The van der Waals surface area contributed by atoms with Gasteiger partial charge in [0.1, 0.15) is 0 Å². The molecule has 0 saturated heterocycles. The summed E-state index contributed by atoms with van der Waals surface area (Å²) in [6.07, 6.45) is 12.8. The smallest absolute Gasteiger partial charge is 0.0328 e. The van der Waals surface area contributed by atoms with Crippen LogP contribution in [0.15, 0.2) is 24.5 Å². The second kappa shape index (κ2) is 7.01. The SMILES string of the molecule is CN(CCc1ccncc1)C1(CN)CCCCCC1. The highest BCUT2D eigenvalue weighted by atomic mass is 15.2. The number of nitrogens with two attached hydrogens (primary N) is 1. The van der Waals surface area contributed by atoms with E-state index in [0.717, 1.165) is 19.5 Å². The molecule has 0 aliphatic heterocycles. The van der Waals surface area contributed by atoms with Gasteiger partial charge in [0.15, 0.2) is 0 Å². The number of pyridine rings is 1. The lowest BCUT2D eigenvalue weighted by atomic mass is 9.88. The van der Waals surface area contributed by atoms with Gasteiger partial charge in [-0.25, -0.2) is 0 Å². The molecule has 0 spiro atoms. The van der Waals surface area contributed by atoms with Crippen molar-refractivity contribution in [2.45, 2.75) is 50.5 Å². The molecule has 0 radical (unpaired) electrons. The molecular weight excluding hydrogens is 234 g/mol. The molecule has 1 saturated carbocycles. The molecule has 3 heteroatoms. The van der Waals surface area contributed by atoms with Crippen molar-refractivity contribution in [1.82, 2.24) is 9.88 Å². The Morgan fingerprint density at radius 3 is 2.37 bits per heavy atom. The summed E-state index contributed by atoms with van der Waals surface area (Å²) in [4.78, 5) is 6.58. The Kier molecular flexibility index (Phi) is 5.34. The molecule has 0 bridgehead atoms. The van der Waals surface area contributed by atoms with Gasteiger partial charge >= 0.3 is 0 Å². The molecule has 1 aromatic rings. The lowest BCUT2D eigenvalue weighted by Crippen LogP contribution is -2.52. The van der Waals surface area contributed by atoms with Crippen LogP contribution in [-0.2, 0) is 6.42 Å². The van der Waals surface area contributed by atoms with Crippen LogP contribution in [0.2, 0.25) is 0 Å². The first-order valence-electron chi connectivity index (χ1n) is 7.57. The average molecular weight is 261 g/mol. The van der Waals surface area contributed by atoms with Crippen molar-refractivity contribution >= 4 is 0 Å². The molecule has 0 amide bonds. The first-order chi connectivity index (χ1) is 9.27. The number of hydrogen-bond donors (Lipinski definition) is 1. The van der Waals surface area contributed by atoms with Crippen molar-refractivity contribution in [1.29, 1.82) is 0 Å². The Morgan fingerprint density at radius 1 is 1.16 bits per heavy atom. The number of hydrogen-bond acceptors (Lipinski definition) is 3. The fraction of sp³-hybridized carbons (Fsp3) is 0.688. The molecule has 0 atom stereocenters. The Hall–Kier alpha value is -0.930. The lowest BCUT2D eigenvalue weighted by molar-refractivity contribution is 0.109. The zero-order valence-electron chi connectivity index (χ0n) is 12.1. The summed E-state index contributed by atoms with van der Waals surface area (Å²) < 4.78 is 0. The van der Waals surface area contributed by atoms with E-state index in [4.69, 9.17) is 5.73 Å². The number of likely N-dealkylation sites (N-methyl/N-ethyl adjacent to an activating group) is 1. The molecule has 0 unspecified atom stereocenters. The Morgan fingerprint density at radius 2 is 1.79 bits per heavy atom. The van der Waals surface area contributed by atoms with Crippen LogP contribution in [0.25, 0.3) is 0 Å². The van der Waals surface area contributed by atoms with Crippen LogP contribution in [0.4, 0.5) is 0 Å². The molecule has 106 valence electrons. The predicted molar refractivity (Wildman–Crippen MR) is 80.1 cm³/mol. The quantitative estimate of drug-likeness (QED) is 0.828. The third-order valence-electron chi connectivity index (χ3n) is 4.71. The van der Waals surface area contributed by atoms with E-state index >= 15 is 0 Å². The van der Waals surface area contributed by atoms with Crippen LogP contribution >= 0.6 is 0 Å². The maximum atomic E-state index is 6.13. The third kappa shape index (κ3) is 3.77. The van der Waals surface area contributed by atoms with Gasteiger partial charge in [0.05, 0.1) is 0 Å². The average Bonchev–Trinajstić information content (AvgIpc) is 2.72. The molecule has 3 nitrogen and oxygen atoms in total. The van der Waals surface area contributed by atoms with Crippen LogP contribution in [-0.4, -0.2) is 35.6 Å². The molecule has 1 heterocycles. The summed E-state index contributed by atoms with van der Waals surface area (Å²) in [5.74, 6) is 0. The number of nitrogens with zero attached hydrogens (tertiary/aromatic N) is 2. The van der Waals surface area contributed by atoms with Gasteiger partial charge in [0.25, 0.3) is 0 Å². The van der Waals surface area contributed by atoms with E-state index < -0.39 is 0 Å². The van der Waals surface area contributed by atoms with Crippen LogP contribution in [0.3, 0.4) is 0 Å². The minimum Gasteiger partial charge on any atom is -0.329 e. The maximum absolute atomic E-state index is 6.13. The Labute approximate surface area is 117 Å². The fourth-order valence-corrected chi connectivity index (χ4v) is 3.21. The maximum Gasteiger partial charge on any atom is 0.0328 e. The van der Waals surface area contributed by atoms with Gasteiger partial charge in [0.2, 0.25) is 0 Å². The van der Waals surface area contributed by atoms with Crippen molar-refractivity contribution in [2.24, 2.45) is 5.73 Å². The van der Waals surface area contributed by atoms with Gasteiger partial charge in [-0.2, -0.15) is 0 Å². The van der Waals surface area contributed by atoms with E-state index in [-0.39, 0.29) is 5.54 Å². The minimum atomic E-state index is 0.240. The monoisotopic (exact) mass is 261 g/mol. The highest BCUT2D eigenvalue weighted by Crippen LogP contribution is 2.31. The van der Waals surface area contributed by atoms with Crippen LogP contribution < -0.4 is 5.73 Å². The molecule has 19 heavy (non-hydrogen) atoms. The summed E-state index contributed by atoms with van der Waals surface area (Å²) >= 11 is 0. The van der Waals surface area contributed by atoms with Crippen LogP contribution in [0.1, 0.15) is 44.1 Å². The van der Waals surface area contributed by atoms with E-state index in [1.807, 2.05) is 12.4 Å². The van der Waals surface area contributed by atoms with E-state index in [1.54, 1.807) is 0 Å². The largest absolute Gasteiger partial charge is 0.329 e. The van der Waals surface area contributed by atoms with Crippen LogP contribution in [0, 0.1) is 0 Å². The molecule has 1 aliphatic carbocycles. The van der Waals surface area contributed by atoms with Crippen molar-refractivity contribution in [3.8, 4) is 0 Å². The highest BCUT2D eigenvalue weighted by Gasteiger charge is 2.33. The molecule has 2 rings (SSSR count). The van der Waals surface area contributed by atoms with E-state index in [1.165, 1.54) is 44.1 Å². The molecule has 2 N–H and O–H groups in total. The molecule has 1 aliphatic rings. The summed E-state index contributed by atoms with van der Waals surface area (Å²) in [6.45, 7) is 1.88. The summed E-state index contributed by atoms with van der Waals surface area (Å²) in [7, 11) is 2.25. The predicted octanol–water partition coefficient (Wildman–Crippen LogP) is 2.61. The molecular formula is C16H27N3. The van der Waals surface area contributed by atoms with E-state index in [9.17, 15) is 0 Å². The van der Waals surface area contributed by atoms with Gasteiger partial charge in [0, 0.05) is 31.0 Å². The topological polar surface area (TPSA) is 42.2 Å². The van der Waals surface area contributed by atoms with Crippen molar-refractivity contribution < 1.29 is 0 Å². The Bertz CT molecular complexity index is 356. The van der Waals surface area contributed by atoms with Gasteiger partial charge < -0.3 is 5.73 Å². The van der Waals surface area contributed by atoms with Gasteiger partial charge in [-0.15, -0.1) is 0 Å². The Balaban J connectivity index is 1.94. The fourth-order valence-electron chi connectivity index (χ4n) is 3.21. The molecule has 0 aromatic carbocycles. The van der Waals surface area contributed by atoms with Gasteiger partial charge in [-0.1, -0.05) is 25.7 Å². The van der Waals surface area contributed by atoms with E-state index in [2.05, 4.69) is 29.1 Å². The van der Waals surface area contributed by atoms with Crippen molar-refractivity contribution in [3.63, 3.8) is 0 Å². The third-order valence-corrected chi connectivity index (χ3v) is 4.71. The second-order valence-corrected chi connectivity index (χ2v) is 5.87. The van der Waals surface area contributed by atoms with E-state index in [0.29, 0.717) is 0 Å². The molecule has 1 aromatic heterocycles. The molecule has 1 fully saturated rings. The lowest BCUT2D eigenvalue weighted by Gasteiger charge is -2.41. The van der Waals surface area contributed by atoms with Gasteiger partial charge in [-0.3, -0.25) is 9.88 Å². The van der Waals surface area contributed by atoms with Crippen LogP contribution in [0.5, 0.6) is 0 Å². The summed E-state index contributed by atoms with van der Waals surface area (Å²) in [5, 5.41) is 0. The summed E-state index contributed by atoms with van der Waals surface area (Å²) in [6, 6.07) is 4.21. The second-order valence-electron chi connectivity index (χ2n) is 5.87. The number of aromatic nitrogens is 1. The van der Waals surface area contributed by atoms with Crippen molar-refractivity contribution in [2.75, 3.05) is 20.1 Å².